The van der Waals surface area contributed by atoms with Crippen LogP contribution in [0.3, 0.4) is 0 Å². The predicted molar refractivity (Wildman–Crippen MR) is 78.5 cm³/mol. The summed E-state index contributed by atoms with van der Waals surface area (Å²) >= 11 is 0. The first-order valence-corrected chi connectivity index (χ1v) is 6.53. The van der Waals surface area contributed by atoms with Crippen LogP contribution in [0.4, 0.5) is 0 Å². The zero-order valence-electron chi connectivity index (χ0n) is 12.1. The standard InChI is InChI=1S/C13H23N5O/c1-9-12(10(2)17-8-16-9)18-11(3)13(19)15-7-5-6-14-4/h8-9,14H,5-7H2,1-4H3,(H,15,19)(H,16,17)/b18-11+. The summed E-state index contributed by atoms with van der Waals surface area (Å²) in [6.07, 6.45) is 2.56. The minimum atomic E-state index is -0.127. The third-order valence-corrected chi connectivity index (χ3v) is 2.87. The molecule has 0 aromatic heterocycles. The number of nitrogens with zero attached hydrogens (tertiary/aromatic N) is 2. The normalized spacial score (nSPS) is 19.4. The number of amides is 1. The molecule has 19 heavy (non-hydrogen) atoms. The molecule has 0 aliphatic carbocycles. The highest BCUT2D eigenvalue weighted by Gasteiger charge is 2.15. The van der Waals surface area contributed by atoms with Gasteiger partial charge in [-0.25, -0.2) is 9.98 Å². The van der Waals surface area contributed by atoms with Crippen LogP contribution in [-0.4, -0.2) is 44.1 Å². The summed E-state index contributed by atoms with van der Waals surface area (Å²) in [6, 6.07) is 0.0736. The Bertz CT molecular complexity index is 411. The number of hydrogen-bond donors (Lipinski definition) is 3. The maximum absolute atomic E-state index is 11.8. The third-order valence-electron chi connectivity index (χ3n) is 2.87. The van der Waals surface area contributed by atoms with E-state index < -0.39 is 0 Å². The molecule has 106 valence electrons. The number of aliphatic imine (C=N–C) groups is 2. The third kappa shape index (κ3) is 4.82. The van der Waals surface area contributed by atoms with Crippen molar-refractivity contribution in [2.75, 3.05) is 20.1 Å². The summed E-state index contributed by atoms with van der Waals surface area (Å²) in [5.41, 5.74) is 2.11. The predicted octanol–water partition coefficient (Wildman–Crippen LogP) is 0.424. The van der Waals surface area contributed by atoms with E-state index in [1.54, 1.807) is 13.3 Å². The molecule has 6 nitrogen and oxygen atoms in total. The number of nitrogens with one attached hydrogen (secondary N) is 3. The Morgan fingerprint density at radius 1 is 1.53 bits per heavy atom. The molecule has 0 bridgehead atoms. The molecule has 6 heteroatoms. The van der Waals surface area contributed by atoms with Crippen LogP contribution in [-0.2, 0) is 4.79 Å². The van der Waals surface area contributed by atoms with E-state index in [9.17, 15) is 4.79 Å². The minimum absolute atomic E-state index is 0.0736. The molecule has 0 fully saturated rings. The van der Waals surface area contributed by atoms with Gasteiger partial charge in [0.1, 0.15) is 5.71 Å². The molecule has 1 rings (SSSR count). The molecule has 0 saturated carbocycles. The highest BCUT2D eigenvalue weighted by Crippen LogP contribution is 2.14. The number of carbonyl (C=O) groups is 1. The van der Waals surface area contributed by atoms with Crippen molar-refractivity contribution in [1.29, 1.82) is 0 Å². The molecule has 1 heterocycles. The minimum Gasteiger partial charge on any atom is -0.368 e. The highest BCUT2D eigenvalue weighted by molar-refractivity contribution is 6.38. The first-order chi connectivity index (χ1) is 9.06. The first-order valence-electron chi connectivity index (χ1n) is 6.53. The van der Waals surface area contributed by atoms with Crippen molar-refractivity contribution in [3.8, 4) is 0 Å². The molecule has 1 unspecified atom stereocenters. The number of rotatable bonds is 6. The first kappa shape index (κ1) is 15.4. The van der Waals surface area contributed by atoms with Crippen LogP contribution in [0.25, 0.3) is 0 Å². The number of carbonyl (C=O) groups excluding carboxylic acids is 1. The van der Waals surface area contributed by atoms with Gasteiger partial charge < -0.3 is 16.0 Å². The van der Waals surface area contributed by atoms with Crippen LogP contribution in [0.1, 0.15) is 27.2 Å². The van der Waals surface area contributed by atoms with E-state index in [1.165, 1.54) is 0 Å². The molecule has 0 radical (unpaired) electrons. The summed E-state index contributed by atoms with van der Waals surface area (Å²) in [5.74, 6) is -0.127. The van der Waals surface area contributed by atoms with Crippen LogP contribution in [0.15, 0.2) is 21.4 Å². The van der Waals surface area contributed by atoms with Crippen molar-refractivity contribution < 1.29 is 4.79 Å². The van der Waals surface area contributed by atoms with E-state index >= 15 is 0 Å². The fourth-order valence-corrected chi connectivity index (χ4v) is 1.71. The lowest BCUT2D eigenvalue weighted by atomic mass is 10.2. The largest absolute Gasteiger partial charge is 0.368 e. The molecule has 0 aromatic rings. The molecule has 1 aliphatic heterocycles. The Balaban J connectivity index is 2.60. The highest BCUT2D eigenvalue weighted by atomic mass is 16.1. The van der Waals surface area contributed by atoms with Gasteiger partial charge in [-0.05, 0) is 40.8 Å². The van der Waals surface area contributed by atoms with Gasteiger partial charge in [-0.15, -0.1) is 0 Å². The maximum Gasteiger partial charge on any atom is 0.265 e. The van der Waals surface area contributed by atoms with Crippen molar-refractivity contribution in [3.63, 3.8) is 0 Å². The van der Waals surface area contributed by atoms with Gasteiger partial charge in [-0.2, -0.15) is 0 Å². The van der Waals surface area contributed by atoms with E-state index in [0.717, 1.165) is 24.4 Å². The fraction of sp³-hybridized carbons (Fsp3) is 0.615. The summed E-state index contributed by atoms with van der Waals surface area (Å²) in [5, 5.41) is 8.95. The van der Waals surface area contributed by atoms with Gasteiger partial charge in [-0.3, -0.25) is 4.79 Å². The average molecular weight is 265 g/mol. The molecule has 0 spiro atoms. The van der Waals surface area contributed by atoms with Gasteiger partial charge >= 0.3 is 0 Å². The van der Waals surface area contributed by atoms with Crippen molar-refractivity contribution in [2.24, 2.45) is 9.98 Å². The molecule has 3 N–H and O–H groups in total. The van der Waals surface area contributed by atoms with Crippen molar-refractivity contribution in [3.05, 3.63) is 11.4 Å². The number of hydrogen-bond acceptors (Lipinski definition) is 5. The molecular weight excluding hydrogens is 242 g/mol. The Morgan fingerprint density at radius 3 is 2.89 bits per heavy atom. The summed E-state index contributed by atoms with van der Waals surface area (Å²) in [7, 11) is 1.89. The second-order valence-electron chi connectivity index (χ2n) is 4.53. The Labute approximate surface area is 114 Å². The van der Waals surface area contributed by atoms with Gasteiger partial charge in [0, 0.05) is 6.54 Å². The molecule has 1 amide bonds. The fourth-order valence-electron chi connectivity index (χ4n) is 1.71. The van der Waals surface area contributed by atoms with Gasteiger partial charge in [0.05, 0.1) is 23.8 Å². The topological polar surface area (TPSA) is 77.9 Å². The lowest BCUT2D eigenvalue weighted by Gasteiger charge is -2.18. The Kier molecular flexibility index (Phi) is 6.21. The SMILES string of the molecule is CNCCCNC(=O)/C(C)=N/C1=C(C)N=CNC1C. The smallest absolute Gasteiger partial charge is 0.265 e. The van der Waals surface area contributed by atoms with E-state index in [0.29, 0.717) is 12.3 Å². The van der Waals surface area contributed by atoms with Gasteiger partial charge in [0.2, 0.25) is 0 Å². The lowest BCUT2D eigenvalue weighted by molar-refractivity contribution is -0.114. The second-order valence-corrected chi connectivity index (χ2v) is 4.53. The van der Waals surface area contributed by atoms with Crippen LogP contribution < -0.4 is 16.0 Å². The Morgan fingerprint density at radius 2 is 2.26 bits per heavy atom. The summed E-state index contributed by atoms with van der Waals surface area (Å²) in [4.78, 5) is 20.4. The number of allylic oxidation sites excluding steroid dienone is 1. The van der Waals surface area contributed by atoms with Crippen molar-refractivity contribution in [1.82, 2.24) is 16.0 Å². The molecular formula is C13H23N5O. The summed E-state index contributed by atoms with van der Waals surface area (Å²) in [6.45, 7) is 7.14. The Hall–Kier alpha value is -1.69. The monoisotopic (exact) mass is 265 g/mol. The van der Waals surface area contributed by atoms with E-state index in [2.05, 4.69) is 25.9 Å². The average Bonchev–Trinajstić information content (AvgIpc) is 2.38. The molecule has 0 aromatic carbocycles. The molecule has 1 atom stereocenters. The van der Waals surface area contributed by atoms with E-state index in [1.807, 2.05) is 20.9 Å². The van der Waals surface area contributed by atoms with Crippen LogP contribution >= 0.6 is 0 Å². The second kappa shape index (κ2) is 7.68. The van der Waals surface area contributed by atoms with E-state index in [4.69, 9.17) is 0 Å². The van der Waals surface area contributed by atoms with Crippen LogP contribution in [0.2, 0.25) is 0 Å². The molecule has 0 saturated heterocycles. The zero-order valence-corrected chi connectivity index (χ0v) is 12.1. The van der Waals surface area contributed by atoms with Crippen molar-refractivity contribution in [2.45, 2.75) is 33.2 Å². The van der Waals surface area contributed by atoms with Gasteiger partial charge in [-0.1, -0.05) is 0 Å². The van der Waals surface area contributed by atoms with Gasteiger partial charge in [0.15, 0.2) is 0 Å². The lowest BCUT2D eigenvalue weighted by Crippen LogP contribution is -2.33. The quantitative estimate of drug-likeness (QED) is 0.481. The van der Waals surface area contributed by atoms with E-state index in [-0.39, 0.29) is 11.9 Å². The van der Waals surface area contributed by atoms with Gasteiger partial charge in [0.25, 0.3) is 5.91 Å². The van der Waals surface area contributed by atoms with Crippen molar-refractivity contribution >= 4 is 18.0 Å². The summed E-state index contributed by atoms with van der Waals surface area (Å²) < 4.78 is 0. The maximum atomic E-state index is 11.8. The molecule has 1 aliphatic rings. The van der Waals surface area contributed by atoms with Crippen LogP contribution in [0, 0.1) is 0 Å². The van der Waals surface area contributed by atoms with Crippen LogP contribution in [0.5, 0.6) is 0 Å². The zero-order chi connectivity index (χ0) is 14.3.